The number of benzene rings is 2. The van der Waals surface area contributed by atoms with Crippen LogP contribution in [0.3, 0.4) is 0 Å². The molecule has 0 aliphatic heterocycles. The Kier molecular flexibility index (Phi) is 5.99. The second-order valence-electron chi connectivity index (χ2n) is 2.93. The molecule has 0 unspecified atom stereocenters. The standard InChI is InChI=1S/C11H10O.Cl3HSi/c1-12-11-8-4-6-9-5-2-3-7-10(9)11;1-4(2)3/h2-8H,1H3;4H. The van der Waals surface area contributed by atoms with E-state index in [-0.39, 0.29) is 0 Å². The Morgan fingerprint density at radius 2 is 1.50 bits per heavy atom. The van der Waals surface area contributed by atoms with Crippen molar-refractivity contribution in [1.29, 1.82) is 0 Å². The minimum atomic E-state index is -1.72. The summed E-state index contributed by atoms with van der Waals surface area (Å²) in [5.74, 6) is 0.938. The SMILES string of the molecule is COc1cccc2ccccc12.Cl[SiH](Cl)Cl. The summed E-state index contributed by atoms with van der Waals surface area (Å²) in [5.41, 5.74) is 0. The predicted octanol–water partition coefficient (Wildman–Crippen LogP) is 4.27. The van der Waals surface area contributed by atoms with E-state index in [4.69, 9.17) is 38.0 Å². The van der Waals surface area contributed by atoms with E-state index in [1.807, 2.05) is 24.3 Å². The largest absolute Gasteiger partial charge is 0.496 e. The van der Waals surface area contributed by atoms with Gasteiger partial charge >= 0.3 is 6.73 Å². The Morgan fingerprint density at radius 3 is 2.12 bits per heavy atom. The average molecular weight is 294 g/mol. The molecular formula is C11H11Cl3OSi. The Morgan fingerprint density at radius 1 is 0.938 bits per heavy atom. The third kappa shape index (κ3) is 4.22. The van der Waals surface area contributed by atoms with Crippen molar-refractivity contribution in [3.63, 3.8) is 0 Å². The average Bonchev–Trinajstić information content (AvgIpc) is 2.27. The molecule has 0 N–H and O–H groups in total. The number of hydrogen-bond acceptors (Lipinski definition) is 1. The number of ether oxygens (including phenoxy) is 1. The third-order valence-electron chi connectivity index (χ3n) is 1.97. The molecule has 0 aliphatic carbocycles. The van der Waals surface area contributed by atoms with E-state index in [0.29, 0.717) is 0 Å². The molecule has 0 aliphatic rings. The van der Waals surface area contributed by atoms with Crippen LogP contribution in [0, 0.1) is 0 Å². The van der Waals surface area contributed by atoms with E-state index in [1.54, 1.807) is 7.11 Å². The number of rotatable bonds is 1. The van der Waals surface area contributed by atoms with E-state index in [0.717, 1.165) is 5.75 Å². The van der Waals surface area contributed by atoms with Gasteiger partial charge in [-0.3, -0.25) is 0 Å². The van der Waals surface area contributed by atoms with Crippen molar-refractivity contribution in [3.8, 4) is 5.75 Å². The first kappa shape index (κ1) is 13.7. The molecule has 0 amide bonds. The van der Waals surface area contributed by atoms with Crippen LogP contribution in [0.2, 0.25) is 0 Å². The van der Waals surface area contributed by atoms with Gasteiger partial charge in [0.15, 0.2) is 0 Å². The van der Waals surface area contributed by atoms with Gasteiger partial charge in [0.25, 0.3) is 0 Å². The molecule has 0 spiro atoms. The number of fused-ring (bicyclic) bond motifs is 1. The highest BCUT2D eigenvalue weighted by Gasteiger charge is 1.97. The molecule has 0 heterocycles. The summed E-state index contributed by atoms with van der Waals surface area (Å²) in [7, 11) is 1.70. The van der Waals surface area contributed by atoms with Gasteiger partial charge in [-0.2, -0.15) is 0 Å². The number of halogens is 3. The van der Waals surface area contributed by atoms with Crippen LogP contribution in [-0.4, -0.2) is 13.8 Å². The lowest BCUT2D eigenvalue weighted by Crippen LogP contribution is -1.83. The summed E-state index contributed by atoms with van der Waals surface area (Å²) in [6.45, 7) is -1.72. The maximum atomic E-state index is 5.23. The van der Waals surface area contributed by atoms with Crippen LogP contribution in [0.1, 0.15) is 0 Å². The Balaban J connectivity index is 0.000000280. The van der Waals surface area contributed by atoms with Crippen LogP contribution in [0.5, 0.6) is 5.75 Å². The van der Waals surface area contributed by atoms with E-state index in [9.17, 15) is 0 Å². The van der Waals surface area contributed by atoms with Crippen LogP contribution < -0.4 is 4.74 Å². The van der Waals surface area contributed by atoms with Crippen molar-refractivity contribution in [3.05, 3.63) is 42.5 Å². The van der Waals surface area contributed by atoms with Gasteiger partial charge in [0, 0.05) is 5.39 Å². The molecule has 5 heteroatoms. The van der Waals surface area contributed by atoms with E-state index in [1.165, 1.54) is 10.8 Å². The fourth-order valence-corrected chi connectivity index (χ4v) is 1.37. The third-order valence-corrected chi connectivity index (χ3v) is 1.97. The van der Waals surface area contributed by atoms with Crippen molar-refractivity contribution in [1.82, 2.24) is 0 Å². The molecule has 0 fully saturated rings. The first-order valence-electron chi connectivity index (χ1n) is 4.59. The maximum absolute atomic E-state index is 5.23. The fourth-order valence-electron chi connectivity index (χ4n) is 1.37. The second-order valence-corrected chi connectivity index (χ2v) is 9.36. The van der Waals surface area contributed by atoms with Crippen LogP contribution in [0.15, 0.2) is 42.5 Å². The van der Waals surface area contributed by atoms with Crippen molar-refractivity contribution in [2.75, 3.05) is 7.11 Å². The lowest BCUT2D eigenvalue weighted by molar-refractivity contribution is 0.420. The number of methoxy groups -OCH3 is 1. The molecule has 0 atom stereocenters. The highest BCUT2D eigenvalue weighted by Crippen LogP contribution is 2.24. The zero-order chi connectivity index (χ0) is 12.0. The van der Waals surface area contributed by atoms with Gasteiger partial charge in [0.2, 0.25) is 0 Å². The highest BCUT2D eigenvalue weighted by molar-refractivity contribution is 7.54. The summed E-state index contributed by atoms with van der Waals surface area (Å²) in [4.78, 5) is 0. The van der Waals surface area contributed by atoms with Crippen LogP contribution >= 0.6 is 33.2 Å². The summed E-state index contributed by atoms with van der Waals surface area (Å²) in [6.07, 6.45) is 0. The van der Waals surface area contributed by atoms with Crippen molar-refractivity contribution >= 4 is 50.7 Å². The van der Waals surface area contributed by atoms with Gasteiger partial charge in [0.1, 0.15) is 5.75 Å². The molecule has 2 rings (SSSR count). The number of hydrogen-bond donors (Lipinski definition) is 0. The van der Waals surface area contributed by atoms with E-state index in [2.05, 4.69) is 18.2 Å². The van der Waals surface area contributed by atoms with Crippen molar-refractivity contribution < 1.29 is 4.74 Å². The summed E-state index contributed by atoms with van der Waals surface area (Å²) in [5, 5.41) is 2.39. The van der Waals surface area contributed by atoms with Gasteiger partial charge in [0.05, 0.1) is 7.11 Å². The lowest BCUT2D eigenvalue weighted by atomic mass is 10.1. The molecule has 2 aromatic rings. The first-order valence-corrected chi connectivity index (χ1v) is 9.83. The van der Waals surface area contributed by atoms with E-state index >= 15 is 0 Å². The molecule has 0 aromatic heterocycles. The Hall–Kier alpha value is -0.413. The first-order chi connectivity index (χ1) is 7.65. The quantitative estimate of drug-likeness (QED) is 0.563. The summed E-state index contributed by atoms with van der Waals surface area (Å²) < 4.78 is 5.23. The summed E-state index contributed by atoms with van der Waals surface area (Å²) in [6, 6.07) is 14.2. The van der Waals surface area contributed by atoms with Crippen molar-refractivity contribution in [2.24, 2.45) is 0 Å². The molecule has 2 aromatic carbocycles. The van der Waals surface area contributed by atoms with Gasteiger partial charge in [-0.1, -0.05) is 36.4 Å². The van der Waals surface area contributed by atoms with Crippen LogP contribution in [-0.2, 0) is 0 Å². The topological polar surface area (TPSA) is 9.23 Å². The van der Waals surface area contributed by atoms with Gasteiger partial charge in [-0.15, -0.1) is 33.2 Å². The van der Waals surface area contributed by atoms with Crippen LogP contribution in [0.25, 0.3) is 10.8 Å². The molecule has 0 radical (unpaired) electrons. The lowest BCUT2D eigenvalue weighted by Gasteiger charge is -2.03. The van der Waals surface area contributed by atoms with Crippen LogP contribution in [0.4, 0.5) is 0 Å². The van der Waals surface area contributed by atoms with Gasteiger partial charge in [-0.25, -0.2) is 0 Å². The smallest absolute Gasteiger partial charge is 0.326 e. The molecule has 1 nitrogen and oxygen atoms in total. The normalized spacial score (nSPS) is 9.81. The second kappa shape index (κ2) is 7.02. The fraction of sp³-hybridized carbons (Fsp3) is 0.0909. The molecule has 16 heavy (non-hydrogen) atoms. The maximum Gasteiger partial charge on any atom is 0.326 e. The zero-order valence-corrected chi connectivity index (χ0v) is 12.1. The molecule has 0 saturated carbocycles. The molecule has 0 saturated heterocycles. The van der Waals surface area contributed by atoms with E-state index < -0.39 is 6.73 Å². The Bertz CT molecular complexity index is 440. The highest BCUT2D eigenvalue weighted by atomic mass is 35.8. The predicted molar refractivity (Wildman–Crippen MR) is 75.2 cm³/mol. The molecular weight excluding hydrogens is 283 g/mol. The Labute approximate surface area is 111 Å². The van der Waals surface area contributed by atoms with Gasteiger partial charge in [-0.05, 0) is 11.5 Å². The summed E-state index contributed by atoms with van der Waals surface area (Å²) >= 11 is 14.8. The van der Waals surface area contributed by atoms with Gasteiger partial charge < -0.3 is 4.74 Å². The zero-order valence-electron chi connectivity index (χ0n) is 8.66. The monoisotopic (exact) mass is 292 g/mol. The molecule has 86 valence electrons. The minimum absolute atomic E-state index is 0.938. The molecule has 0 bridgehead atoms. The van der Waals surface area contributed by atoms with Crippen molar-refractivity contribution in [2.45, 2.75) is 0 Å². The minimum Gasteiger partial charge on any atom is -0.496 e.